The molecule has 2 aromatic rings. The van der Waals surface area contributed by atoms with E-state index in [0.717, 1.165) is 12.1 Å². The Morgan fingerprint density at radius 3 is 2.67 bits per heavy atom. The molecule has 24 heavy (non-hydrogen) atoms. The van der Waals surface area contributed by atoms with Crippen LogP contribution in [0.15, 0.2) is 24.3 Å². The standard InChI is InChI=1S/C13H12F3N3O4S/c1-23-11-6-10(20)17-9(18-11)5-7-3-2-4-8(14)12(7)19-24(21,22)13(15)16/h2-4,6,13,19H,5H2,1H3,(H,17,18,20). The Morgan fingerprint density at radius 1 is 1.33 bits per heavy atom. The van der Waals surface area contributed by atoms with Crippen molar-refractivity contribution in [3.63, 3.8) is 0 Å². The average Bonchev–Trinajstić information content (AvgIpc) is 2.50. The lowest BCUT2D eigenvalue weighted by Gasteiger charge is -2.13. The fourth-order valence-electron chi connectivity index (χ4n) is 1.83. The zero-order valence-electron chi connectivity index (χ0n) is 12.2. The van der Waals surface area contributed by atoms with Gasteiger partial charge in [0.25, 0.3) is 10.0 Å². The summed E-state index contributed by atoms with van der Waals surface area (Å²) in [6.07, 6.45) is -0.233. The molecule has 11 heteroatoms. The lowest BCUT2D eigenvalue weighted by Crippen LogP contribution is -2.22. The van der Waals surface area contributed by atoms with E-state index < -0.39 is 33.2 Å². The van der Waals surface area contributed by atoms with Gasteiger partial charge in [-0.25, -0.2) is 12.8 Å². The quantitative estimate of drug-likeness (QED) is 0.813. The third-order valence-electron chi connectivity index (χ3n) is 2.87. The molecule has 0 atom stereocenters. The van der Waals surface area contributed by atoms with Gasteiger partial charge >= 0.3 is 5.76 Å². The normalized spacial score (nSPS) is 11.5. The number of halogens is 3. The molecule has 0 saturated heterocycles. The summed E-state index contributed by atoms with van der Waals surface area (Å²) >= 11 is 0. The lowest BCUT2D eigenvalue weighted by atomic mass is 10.1. The molecular formula is C13H12F3N3O4S. The summed E-state index contributed by atoms with van der Waals surface area (Å²) in [5.41, 5.74) is -0.629. The van der Waals surface area contributed by atoms with Crippen molar-refractivity contribution in [1.29, 1.82) is 0 Å². The maximum absolute atomic E-state index is 13.9. The largest absolute Gasteiger partial charge is 0.493 e. The van der Waals surface area contributed by atoms with Crippen LogP contribution in [0.4, 0.5) is 18.9 Å². The molecule has 0 aliphatic carbocycles. The number of benzene rings is 1. The number of aromatic hydroxyl groups is 1. The highest BCUT2D eigenvalue weighted by molar-refractivity contribution is 7.93. The molecule has 0 unspecified atom stereocenters. The Bertz CT molecular complexity index is 846. The molecule has 0 aliphatic rings. The van der Waals surface area contributed by atoms with Gasteiger partial charge in [0.15, 0.2) is 0 Å². The number of para-hydroxylation sites is 1. The minimum atomic E-state index is -5.05. The van der Waals surface area contributed by atoms with Gasteiger partial charge in [-0.15, -0.1) is 0 Å². The van der Waals surface area contributed by atoms with Gasteiger partial charge in [-0.2, -0.15) is 18.7 Å². The van der Waals surface area contributed by atoms with Crippen LogP contribution in [-0.2, 0) is 16.4 Å². The second-order valence-electron chi connectivity index (χ2n) is 4.54. The topological polar surface area (TPSA) is 101 Å². The van der Waals surface area contributed by atoms with Crippen LogP contribution in [-0.4, -0.2) is 36.4 Å². The molecule has 2 rings (SSSR count). The number of alkyl halides is 2. The van der Waals surface area contributed by atoms with Crippen molar-refractivity contribution in [3.05, 3.63) is 41.5 Å². The maximum Gasteiger partial charge on any atom is 0.355 e. The van der Waals surface area contributed by atoms with Crippen LogP contribution in [0.3, 0.4) is 0 Å². The van der Waals surface area contributed by atoms with Crippen LogP contribution in [0, 0.1) is 5.82 Å². The second kappa shape index (κ2) is 6.91. The predicted molar refractivity (Wildman–Crippen MR) is 78.0 cm³/mol. The van der Waals surface area contributed by atoms with E-state index in [9.17, 15) is 26.7 Å². The zero-order chi connectivity index (χ0) is 17.9. The number of anilines is 1. The van der Waals surface area contributed by atoms with Gasteiger partial charge < -0.3 is 9.84 Å². The van der Waals surface area contributed by atoms with Gasteiger partial charge in [-0.05, 0) is 11.6 Å². The van der Waals surface area contributed by atoms with Crippen LogP contribution in [0.5, 0.6) is 11.8 Å². The molecule has 1 aromatic carbocycles. The first kappa shape index (κ1) is 17.8. The highest BCUT2D eigenvalue weighted by Crippen LogP contribution is 2.25. The van der Waals surface area contributed by atoms with Gasteiger partial charge in [0.1, 0.15) is 11.6 Å². The third-order valence-corrected chi connectivity index (χ3v) is 3.83. The fraction of sp³-hybridized carbons (Fsp3) is 0.231. The molecule has 0 saturated carbocycles. The number of aromatic nitrogens is 2. The van der Waals surface area contributed by atoms with E-state index in [1.54, 1.807) is 0 Å². The van der Waals surface area contributed by atoms with E-state index in [1.807, 2.05) is 0 Å². The van der Waals surface area contributed by atoms with E-state index in [1.165, 1.54) is 24.0 Å². The number of methoxy groups -OCH3 is 1. The number of nitrogens with one attached hydrogen (secondary N) is 1. The molecule has 2 N–H and O–H groups in total. The van der Waals surface area contributed by atoms with E-state index in [0.29, 0.717) is 0 Å². The van der Waals surface area contributed by atoms with Crippen molar-refractivity contribution < 1.29 is 31.4 Å². The highest BCUT2D eigenvalue weighted by Gasteiger charge is 2.26. The van der Waals surface area contributed by atoms with Crippen molar-refractivity contribution in [3.8, 4) is 11.8 Å². The van der Waals surface area contributed by atoms with Gasteiger partial charge in [0.2, 0.25) is 11.8 Å². The van der Waals surface area contributed by atoms with Crippen molar-refractivity contribution in [1.82, 2.24) is 9.97 Å². The first-order valence-corrected chi connectivity index (χ1v) is 7.95. The smallest absolute Gasteiger partial charge is 0.355 e. The van der Waals surface area contributed by atoms with Gasteiger partial charge in [0, 0.05) is 6.42 Å². The van der Waals surface area contributed by atoms with Crippen molar-refractivity contribution in [2.45, 2.75) is 12.2 Å². The fourth-order valence-corrected chi connectivity index (χ4v) is 2.43. The molecule has 0 bridgehead atoms. The predicted octanol–water partition coefficient (Wildman–Crippen LogP) is 1.88. The summed E-state index contributed by atoms with van der Waals surface area (Å²) in [6, 6.07) is 4.63. The van der Waals surface area contributed by atoms with Crippen molar-refractivity contribution >= 4 is 15.7 Å². The summed E-state index contributed by atoms with van der Waals surface area (Å²) in [5.74, 6) is -5.16. The van der Waals surface area contributed by atoms with E-state index in [-0.39, 0.29) is 23.7 Å². The monoisotopic (exact) mass is 363 g/mol. The van der Waals surface area contributed by atoms with Crippen molar-refractivity contribution in [2.24, 2.45) is 0 Å². The van der Waals surface area contributed by atoms with Crippen LogP contribution >= 0.6 is 0 Å². The number of nitrogens with zero attached hydrogens (tertiary/aromatic N) is 2. The number of rotatable bonds is 6. The molecule has 0 spiro atoms. The van der Waals surface area contributed by atoms with Gasteiger partial charge in [-0.3, -0.25) is 4.72 Å². The molecule has 0 aliphatic heterocycles. The number of hydrogen-bond donors (Lipinski definition) is 2. The third kappa shape index (κ3) is 4.04. The van der Waals surface area contributed by atoms with E-state index >= 15 is 0 Å². The minimum Gasteiger partial charge on any atom is -0.493 e. The number of ether oxygens (including phenoxy) is 1. The molecule has 0 radical (unpaired) electrons. The molecule has 1 aromatic heterocycles. The summed E-state index contributed by atoms with van der Waals surface area (Å²) in [5, 5.41) is 9.47. The van der Waals surface area contributed by atoms with E-state index in [2.05, 4.69) is 9.97 Å². The van der Waals surface area contributed by atoms with Crippen LogP contribution < -0.4 is 9.46 Å². The summed E-state index contributed by atoms with van der Waals surface area (Å²) < 4.78 is 67.8. The SMILES string of the molecule is COc1cc(O)nc(Cc2cccc(F)c2NS(=O)(=O)C(F)F)n1. The first-order valence-electron chi connectivity index (χ1n) is 6.41. The Hall–Kier alpha value is -2.56. The number of hydrogen-bond acceptors (Lipinski definition) is 6. The zero-order valence-corrected chi connectivity index (χ0v) is 13.0. The van der Waals surface area contributed by atoms with E-state index in [4.69, 9.17) is 4.74 Å². The molecule has 1 heterocycles. The number of sulfonamides is 1. The molecule has 0 amide bonds. The first-order chi connectivity index (χ1) is 11.2. The average molecular weight is 363 g/mol. The van der Waals surface area contributed by atoms with Crippen LogP contribution in [0.2, 0.25) is 0 Å². The Labute approximate surface area is 135 Å². The Morgan fingerprint density at radius 2 is 2.04 bits per heavy atom. The van der Waals surface area contributed by atoms with Crippen LogP contribution in [0.25, 0.3) is 0 Å². The molecule has 130 valence electrons. The maximum atomic E-state index is 13.9. The lowest BCUT2D eigenvalue weighted by molar-refractivity contribution is 0.236. The Balaban J connectivity index is 2.41. The second-order valence-corrected chi connectivity index (χ2v) is 6.19. The minimum absolute atomic E-state index is 0.00637. The van der Waals surface area contributed by atoms with Crippen molar-refractivity contribution in [2.75, 3.05) is 11.8 Å². The molecule has 0 fully saturated rings. The molecule has 7 nitrogen and oxygen atoms in total. The molecular weight excluding hydrogens is 351 g/mol. The summed E-state index contributed by atoms with van der Waals surface area (Å²) in [6.45, 7) is 0. The van der Waals surface area contributed by atoms with Gasteiger partial charge in [-0.1, -0.05) is 12.1 Å². The van der Waals surface area contributed by atoms with Gasteiger partial charge in [0.05, 0.1) is 18.9 Å². The summed E-state index contributed by atoms with van der Waals surface area (Å²) in [4.78, 5) is 7.60. The highest BCUT2D eigenvalue weighted by atomic mass is 32.2. The summed E-state index contributed by atoms with van der Waals surface area (Å²) in [7, 11) is -3.75. The Kier molecular flexibility index (Phi) is 5.12. The van der Waals surface area contributed by atoms with Crippen LogP contribution in [0.1, 0.15) is 11.4 Å².